The molecule has 0 spiro atoms. The minimum Gasteiger partial charge on any atom is -0.497 e. The number of cyclic esters (lactones) is 1. The lowest BCUT2D eigenvalue weighted by Gasteiger charge is -2.17. The minimum absolute atomic E-state index is 0.0314. The van der Waals surface area contributed by atoms with E-state index >= 15 is 0 Å². The molecule has 0 unspecified atom stereocenters. The number of ketones is 1. The zero-order chi connectivity index (χ0) is 14.8. The molecule has 104 valence electrons. The minimum atomic E-state index is -0.550. The Hall–Kier alpha value is -2.88. The number of rotatable bonds is 2. The largest absolute Gasteiger partial charge is 0.497 e. The second-order valence-electron chi connectivity index (χ2n) is 4.55. The molecule has 2 aromatic rings. The number of hydrogen-bond donors (Lipinski definition) is 0. The Kier molecular flexibility index (Phi) is 3.28. The number of carbonyl (C=O) groups is 2. The molecule has 1 heterocycles. The SMILES string of the molecule is COc1ccc2c(c1)C(=O)O/C(=C\c1ccccc1)C2=O. The average Bonchev–Trinajstić information content (AvgIpc) is 2.53. The monoisotopic (exact) mass is 280 g/mol. The van der Waals surface area contributed by atoms with Gasteiger partial charge in [-0.1, -0.05) is 30.3 Å². The van der Waals surface area contributed by atoms with Crippen molar-refractivity contribution in [2.24, 2.45) is 0 Å². The third kappa shape index (κ3) is 2.43. The van der Waals surface area contributed by atoms with Crippen LogP contribution in [0.15, 0.2) is 54.3 Å². The van der Waals surface area contributed by atoms with Crippen molar-refractivity contribution < 1.29 is 19.1 Å². The summed E-state index contributed by atoms with van der Waals surface area (Å²) in [7, 11) is 1.50. The van der Waals surface area contributed by atoms with E-state index in [9.17, 15) is 9.59 Å². The summed E-state index contributed by atoms with van der Waals surface area (Å²) in [6.45, 7) is 0. The van der Waals surface area contributed by atoms with Gasteiger partial charge in [-0.2, -0.15) is 0 Å². The summed E-state index contributed by atoms with van der Waals surface area (Å²) in [6, 6.07) is 14.0. The van der Waals surface area contributed by atoms with Crippen LogP contribution in [-0.2, 0) is 4.74 Å². The number of hydrogen-bond acceptors (Lipinski definition) is 4. The fraction of sp³-hybridized carbons (Fsp3) is 0.0588. The molecule has 0 radical (unpaired) electrons. The molecule has 0 N–H and O–H groups in total. The van der Waals surface area contributed by atoms with Gasteiger partial charge >= 0.3 is 5.97 Å². The molecule has 1 aliphatic rings. The third-order valence-electron chi connectivity index (χ3n) is 3.22. The Morgan fingerprint density at radius 2 is 1.76 bits per heavy atom. The Morgan fingerprint density at radius 1 is 1.00 bits per heavy atom. The van der Waals surface area contributed by atoms with Gasteiger partial charge in [0.25, 0.3) is 0 Å². The summed E-state index contributed by atoms with van der Waals surface area (Å²) in [5.74, 6) is -0.320. The normalized spacial score (nSPS) is 15.6. The van der Waals surface area contributed by atoms with Crippen molar-refractivity contribution in [2.75, 3.05) is 7.11 Å². The third-order valence-corrected chi connectivity index (χ3v) is 3.22. The number of esters is 1. The van der Waals surface area contributed by atoms with Gasteiger partial charge in [-0.15, -0.1) is 0 Å². The first-order valence-electron chi connectivity index (χ1n) is 6.40. The number of methoxy groups -OCH3 is 1. The van der Waals surface area contributed by atoms with Crippen LogP contribution < -0.4 is 4.74 Å². The van der Waals surface area contributed by atoms with Gasteiger partial charge in [-0.05, 0) is 29.8 Å². The lowest BCUT2D eigenvalue weighted by atomic mass is 9.98. The number of ether oxygens (including phenoxy) is 2. The molecular weight excluding hydrogens is 268 g/mol. The molecule has 0 bridgehead atoms. The van der Waals surface area contributed by atoms with Gasteiger partial charge in [0, 0.05) is 5.56 Å². The highest BCUT2D eigenvalue weighted by Crippen LogP contribution is 2.27. The van der Waals surface area contributed by atoms with Gasteiger partial charge in [-0.25, -0.2) is 4.79 Å². The molecule has 0 aliphatic carbocycles. The topological polar surface area (TPSA) is 52.6 Å². The van der Waals surface area contributed by atoms with E-state index in [1.54, 1.807) is 18.2 Å². The molecular formula is C17H12O4. The maximum Gasteiger partial charge on any atom is 0.344 e. The van der Waals surface area contributed by atoms with Crippen LogP contribution in [0.2, 0.25) is 0 Å². The standard InChI is InChI=1S/C17H12O4/c1-20-12-7-8-13-14(10-12)17(19)21-15(16(13)18)9-11-5-3-2-4-6-11/h2-10H,1H3/b15-9-. The summed E-state index contributed by atoms with van der Waals surface area (Å²) in [5.41, 5.74) is 1.35. The van der Waals surface area contributed by atoms with Crippen molar-refractivity contribution in [3.8, 4) is 5.75 Å². The van der Waals surface area contributed by atoms with Crippen molar-refractivity contribution >= 4 is 17.8 Å². The molecule has 4 heteroatoms. The van der Waals surface area contributed by atoms with Gasteiger partial charge in [0.2, 0.25) is 5.78 Å². The second kappa shape index (κ2) is 5.25. The lowest BCUT2D eigenvalue weighted by Crippen LogP contribution is -2.22. The highest BCUT2D eigenvalue weighted by Gasteiger charge is 2.30. The van der Waals surface area contributed by atoms with Crippen LogP contribution in [0, 0.1) is 0 Å². The molecule has 4 nitrogen and oxygen atoms in total. The van der Waals surface area contributed by atoms with Crippen LogP contribution in [0.25, 0.3) is 6.08 Å². The molecule has 1 aliphatic heterocycles. The second-order valence-corrected chi connectivity index (χ2v) is 4.55. The predicted octanol–water partition coefficient (Wildman–Crippen LogP) is 3.09. The quantitative estimate of drug-likeness (QED) is 0.626. The molecule has 2 aromatic carbocycles. The van der Waals surface area contributed by atoms with E-state index in [2.05, 4.69) is 0 Å². The van der Waals surface area contributed by atoms with Gasteiger partial charge < -0.3 is 9.47 Å². The van der Waals surface area contributed by atoms with Crippen molar-refractivity contribution in [1.82, 2.24) is 0 Å². The van der Waals surface area contributed by atoms with E-state index in [4.69, 9.17) is 9.47 Å². The molecule has 21 heavy (non-hydrogen) atoms. The van der Waals surface area contributed by atoms with Gasteiger partial charge in [0.15, 0.2) is 5.76 Å². The number of allylic oxidation sites excluding steroid dienone is 1. The van der Waals surface area contributed by atoms with Crippen LogP contribution in [0.3, 0.4) is 0 Å². The fourth-order valence-corrected chi connectivity index (χ4v) is 2.15. The number of carbonyl (C=O) groups excluding carboxylic acids is 2. The Labute approximate surface area is 121 Å². The summed E-state index contributed by atoms with van der Waals surface area (Å²) in [5, 5.41) is 0. The zero-order valence-corrected chi connectivity index (χ0v) is 11.3. The predicted molar refractivity (Wildman–Crippen MR) is 77.2 cm³/mol. The summed E-state index contributed by atoms with van der Waals surface area (Å²) >= 11 is 0. The van der Waals surface area contributed by atoms with E-state index in [-0.39, 0.29) is 17.1 Å². The summed E-state index contributed by atoms with van der Waals surface area (Å²) in [6.07, 6.45) is 1.56. The molecule has 0 fully saturated rings. The summed E-state index contributed by atoms with van der Waals surface area (Å²) in [4.78, 5) is 24.4. The van der Waals surface area contributed by atoms with Crippen molar-refractivity contribution in [1.29, 1.82) is 0 Å². The van der Waals surface area contributed by atoms with Gasteiger partial charge in [-0.3, -0.25) is 4.79 Å². The van der Waals surface area contributed by atoms with E-state index in [1.165, 1.54) is 13.2 Å². The van der Waals surface area contributed by atoms with Crippen LogP contribution in [0.5, 0.6) is 5.75 Å². The highest BCUT2D eigenvalue weighted by atomic mass is 16.5. The fourth-order valence-electron chi connectivity index (χ4n) is 2.15. The molecule has 0 atom stereocenters. The molecule has 0 saturated carbocycles. The van der Waals surface area contributed by atoms with Gasteiger partial charge in [0.1, 0.15) is 5.75 Å². The van der Waals surface area contributed by atoms with Gasteiger partial charge in [0.05, 0.1) is 12.7 Å². The molecule has 0 amide bonds. The Morgan fingerprint density at radius 3 is 2.48 bits per heavy atom. The lowest BCUT2D eigenvalue weighted by molar-refractivity contribution is 0.0567. The molecule has 0 saturated heterocycles. The highest BCUT2D eigenvalue weighted by molar-refractivity contribution is 6.19. The average molecular weight is 280 g/mol. The zero-order valence-electron chi connectivity index (χ0n) is 11.3. The van der Waals surface area contributed by atoms with Crippen molar-refractivity contribution in [2.45, 2.75) is 0 Å². The van der Waals surface area contributed by atoms with E-state index in [0.717, 1.165) is 5.56 Å². The number of benzene rings is 2. The van der Waals surface area contributed by atoms with E-state index in [1.807, 2.05) is 30.3 Å². The molecule has 0 aromatic heterocycles. The van der Waals surface area contributed by atoms with E-state index < -0.39 is 5.97 Å². The van der Waals surface area contributed by atoms with Crippen molar-refractivity contribution in [3.05, 3.63) is 71.0 Å². The maximum atomic E-state index is 12.4. The van der Waals surface area contributed by atoms with Crippen LogP contribution >= 0.6 is 0 Å². The smallest absolute Gasteiger partial charge is 0.344 e. The first kappa shape index (κ1) is 13.1. The van der Waals surface area contributed by atoms with Crippen LogP contribution in [-0.4, -0.2) is 18.9 Å². The summed E-state index contributed by atoms with van der Waals surface area (Å²) < 4.78 is 10.2. The number of Topliss-reactive ketones (excluding diaryl/α,β-unsaturated/α-hetero) is 1. The van der Waals surface area contributed by atoms with E-state index in [0.29, 0.717) is 11.3 Å². The van der Waals surface area contributed by atoms with Crippen molar-refractivity contribution in [3.63, 3.8) is 0 Å². The van der Waals surface area contributed by atoms with Crippen LogP contribution in [0.4, 0.5) is 0 Å². The maximum absolute atomic E-state index is 12.4. The Balaban J connectivity index is 2.04. The first-order chi connectivity index (χ1) is 10.2. The first-order valence-corrected chi connectivity index (χ1v) is 6.40. The Bertz CT molecular complexity index is 745. The number of fused-ring (bicyclic) bond motifs is 1. The van der Waals surface area contributed by atoms with Crippen LogP contribution in [0.1, 0.15) is 26.3 Å². The molecule has 3 rings (SSSR count).